The molecule has 1 aliphatic carbocycles. The minimum Gasteiger partial charge on any atom is -0.267 e. The van der Waals surface area contributed by atoms with Gasteiger partial charge in [-0.15, -0.1) is 0 Å². The van der Waals surface area contributed by atoms with Gasteiger partial charge in [-0.2, -0.15) is 9.78 Å². The van der Waals surface area contributed by atoms with E-state index in [0.29, 0.717) is 5.56 Å². The number of aromatic nitrogens is 3. The first-order valence-corrected chi connectivity index (χ1v) is 6.12. The Morgan fingerprint density at radius 1 is 1.21 bits per heavy atom. The molecule has 0 fully saturated rings. The van der Waals surface area contributed by atoms with Crippen LogP contribution in [0.5, 0.6) is 0 Å². The van der Waals surface area contributed by atoms with Crippen molar-refractivity contribution in [2.75, 3.05) is 0 Å². The Labute approximate surface area is 111 Å². The third-order valence-electron chi connectivity index (χ3n) is 3.07. The van der Waals surface area contributed by atoms with Crippen LogP contribution < -0.4 is 0 Å². The zero-order valence-electron chi connectivity index (χ0n) is 10.5. The van der Waals surface area contributed by atoms with Crippen LogP contribution in [0.15, 0.2) is 54.9 Å². The fourth-order valence-corrected chi connectivity index (χ4v) is 2.17. The molecule has 94 valence electrons. The van der Waals surface area contributed by atoms with Gasteiger partial charge in [0.1, 0.15) is 0 Å². The van der Waals surface area contributed by atoms with Crippen LogP contribution in [0.4, 0.5) is 0 Å². The number of pyridine rings is 1. The highest BCUT2D eigenvalue weighted by atomic mass is 16.2. The van der Waals surface area contributed by atoms with E-state index in [-0.39, 0.29) is 11.8 Å². The smallest absolute Gasteiger partial charge is 0.267 e. The molecule has 2 aromatic rings. The maximum Gasteiger partial charge on any atom is 0.278 e. The second-order valence-corrected chi connectivity index (χ2v) is 4.46. The van der Waals surface area contributed by atoms with Crippen LogP contribution in [0.25, 0.3) is 0 Å². The fourth-order valence-electron chi connectivity index (χ4n) is 2.17. The molecule has 1 aliphatic rings. The van der Waals surface area contributed by atoms with Gasteiger partial charge < -0.3 is 0 Å². The summed E-state index contributed by atoms with van der Waals surface area (Å²) < 4.78 is 1.48. The van der Waals surface area contributed by atoms with Crippen LogP contribution >= 0.6 is 0 Å². The Morgan fingerprint density at radius 2 is 1.89 bits per heavy atom. The highest BCUT2D eigenvalue weighted by Crippen LogP contribution is 2.24. The zero-order valence-corrected chi connectivity index (χ0v) is 10.5. The number of hydrogen-bond acceptors (Lipinski definition) is 3. The number of carbonyl (C=O) groups excluding carboxylic acids is 1. The SMILES string of the molecule is Cc1cc(C2C=CC=C2)n(C(=O)c2ccncc2)n1. The van der Waals surface area contributed by atoms with Gasteiger partial charge in [-0.3, -0.25) is 9.78 Å². The van der Waals surface area contributed by atoms with Crippen LogP contribution in [0, 0.1) is 6.92 Å². The van der Waals surface area contributed by atoms with Crippen molar-refractivity contribution in [3.8, 4) is 0 Å². The lowest BCUT2D eigenvalue weighted by Gasteiger charge is -2.08. The largest absolute Gasteiger partial charge is 0.278 e. The molecular weight excluding hydrogens is 238 g/mol. The number of aryl methyl sites for hydroxylation is 1. The molecule has 3 rings (SSSR count). The lowest BCUT2D eigenvalue weighted by molar-refractivity contribution is 0.0941. The summed E-state index contributed by atoms with van der Waals surface area (Å²) >= 11 is 0. The van der Waals surface area contributed by atoms with Crippen molar-refractivity contribution < 1.29 is 4.79 Å². The van der Waals surface area contributed by atoms with Crippen LogP contribution in [-0.2, 0) is 0 Å². The zero-order chi connectivity index (χ0) is 13.2. The van der Waals surface area contributed by atoms with E-state index in [4.69, 9.17) is 0 Å². The van der Waals surface area contributed by atoms with Crippen LogP contribution in [0.2, 0.25) is 0 Å². The van der Waals surface area contributed by atoms with Crippen molar-refractivity contribution in [1.82, 2.24) is 14.8 Å². The summed E-state index contributed by atoms with van der Waals surface area (Å²) in [6.07, 6.45) is 11.3. The molecule has 0 amide bonds. The molecule has 0 aromatic carbocycles. The summed E-state index contributed by atoms with van der Waals surface area (Å²) in [7, 11) is 0. The van der Waals surface area contributed by atoms with Gasteiger partial charge in [0.15, 0.2) is 0 Å². The number of nitrogens with zero attached hydrogens (tertiary/aromatic N) is 3. The molecule has 19 heavy (non-hydrogen) atoms. The third kappa shape index (κ3) is 2.12. The second kappa shape index (κ2) is 4.65. The van der Waals surface area contributed by atoms with E-state index < -0.39 is 0 Å². The van der Waals surface area contributed by atoms with Crippen molar-refractivity contribution in [2.45, 2.75) is 12.8 Å². The molecule has 0 saturated carbocycles. The monoisotopic (exact) mass is 251 g/mol. The summed E-state index contributed by atoms with van der Waals surface area (Å²) in [4.78, 5) is 16.4. The molecule has 4 nitrogen and oxygen atoms in total. The molecule has 0 atom stereocenters. The van der Waals surface area contributed by atoms with Gasteiger partial charge in [-0.25, -0.2) is 0 Å². The molecule has 0 N–H and O–H groups in total. The van der Waals surface area contributed by atoms with E-state index in [1.807, 2.05) is 37.3 Å². The van der Waals surface area contributed by atoms with E-state index in [1.165, 1.54) is 4.68 Å². The predicted octanol–water partition coefficient (Wildman–Crippen LogP) is 2.48. The molecule has 0 radical (unpaired) electrons. The summed E-state index contributed by atoms with van der Waals surface area (Å²) in [5, 5.41) is 4.31. The molecule has 0 unspecified atom stereocenters. The lowest BCUT2D eigenvalue weighted by Crippen LogP contribution is -2.17. The van der Waals surface area contributed by atoms with Crippen molar-refractivity contribution >= 4 is 5.91 Å². The number of hydrogen-bond donors (Lipinski definition) is 0. The van der Waals surface area contributed by atoms with Gasteiger partial charge in [0, 0.05) is 23.9 Å². The first-order chi connectivity index (χ1) is 9.25. The summed E-state index contributed by atoms with van der Waals surface area (Å²) in [5.74, 6) is -0.00816. The van der Waals surface area contributed by atoms with Gasteiger partial charge in [-0.1, -0.05) is 24.3 Å². The summed E-state index contributed by atoms with van der Waals surface area (Å²) in [5.41, 5.74) is 2.32. The average Bonchev–Trinajstić information content (AvgIpc) is 3.07. The summed E-state index contributed by atoms with van der Waals surface area (Å²) in [6.45, 7) is 1.89. The lowest BCUT2D eigenvalue weighted by atomic mass is 10.1. The minimum absolute atomic E-state index is 0.118. The maximum absolute atomic E-state index is 12.5. The Bertz CT molecular complexity index is 656. The van der Waals surface area contributed by atoms with E-state index in [0.717, 1.165) is 11.4 Å². The molecule has 0 saturated heterocycles. The highest BCUT2D eigenvalue weighted by molar-refractivity contribution is 5.95. The van der Waals surface area contributed by atoms with E-state index in [1.54, 1.807) is 24.5 Å². The van der Waals surface area contributed by atoms with Crippen molar-refractivity contribution in [1.29, 1.82) is 0 Å². The summed E-state index contributed by atoms with van der Waals surface area (Å²) in [6, 6.07) is 5.34. The Morgan fingerprint density at radius 3 is 2.58 bits per heavy atom. The van der Waals surface area contributed by atoms with Crippen molar-refractivity contribution in [3.63, 3.8) is 0 Å². The van der Waals surface area contributed by atoms with Crippen LogP contribution in [0.3, 0.4) is 0 Å². The number of carbonyl (C=O) groups is 1. The normalized spacial score (nSPS) is 14.2. The topological polar surface area (TPSA) is 47.8 Å². The van der Waals surface area contributed by atoms with Gasteiger partial charge >= 0.3 is 0 Å². The Kier molecular flexibility index (Phi) is 2.83. The van der Waals surface area contributed by atoms with Gasteiger partial charge in [0.2, 0.25) is 0 Å². The van der Waals surface area contributed by atoms with Gasteiger partial charge in [0.25, 0.3) is 5.91 Å². The molecule has 0 bridgehead atoms. The van der Waals surface area contributed by atoms with Gasteiger partial charge in [0.05, 0.1) is 11.4 Å². The van der Waals surface area contributed by atoms with E-state index >= 15 is 0 Å². The standard InChI is InChI=1S/C15H13N3O/c1-11-10-14(12-4-2-3-5-12)18(17-11)15(19)13-6-8-16-9-7-13/h2-10,12H,1H3. The Hall–Kier alpha value is -2.49. The third-order valence-corrected chi connectivity index (χ3v) is 3.07. The molecule has 4 heteroatoms. The Balaban J connectivity index is 2.03. The first kappa shape index (κ1) is 11.6. The van der Waals surface area contributed by atoms with E-state index in [9.17, 15) is 4.79 Å². The van der Waals surface area contributed by atoms with Gasteiger partial charge in [-0.05, 0) is 25.1 Å². The maximum atomic E-state index is 12.5. The first-order valence-electron chi connectivity index (χ1n) is 6.12. The molecule has 2 aromatic heterocycles. The molecule has 0 spiro atoms. The molecular formula is C15H13N3O. The fraction of sp³-hybridized carbons (Fsp3) is 0.133. The predicted molar refractivity (Wildman–Crippen MR) is 72.0 cm³/mol. The number of allylic oxidation sites excluding steroid dienone is 4. The average molecular weight is 251 g/mol. The quantitative estimate of drug-likeness (QED) is 0.823. The van der Waals surface area contributed by atoms with Crippen LogP contribution in [0.1, 0.15) is 27.7 Å². The number of rotatable bonds is 2. The van der Waals surface area contributed by atoms with Crippen molar-refractivity contribution in [2.24, 2.45) is 0 Å². The molecule has 2 heterocycles. The molecule has 0 aliphatic heterocycles. The van der Waals surface area contributed by atoms with Crippen LogP contribution in [-0.4, -0.2) is 20.7 Å². The highest BCUT2D eigenvalue weighted by Gasteiger charge is 2.19. The van der Waals surface area contributed by atoms with Crippen molar-refractivity contribution in [3.05, 3.63) is 71.8 Å². The van der Waals surface area contributed by atoms with E-state index in [2.05, 4.69) is 10.1 Å². The minimum atomic E-state index is -0.126. The second-order valence-electron chi connectivity index (χ2n) is 4.46.